The van der Waals surface area contributed by atoms with Gasteiger partial charge in [0.05, 0.1) is 10.2 Å². The van der Waals surface area contributed by atoms with Crippen LogP contribution in [0.4, 0.5) is 0 Å². The summed E-state index contributed by atoms with van der Waals surface area (Å²) in [7, 11) is 1.94. The van der Waals surface area contributed by atoms with Crippen molar-refractivity contribution in [3.05, 3.63) is 88.2 Å². The van der Waals surface area contributed by atoms with Crippen molar-refractivity contribution in [2.24, 2.45) is 12.0 Å². The van der Waals surface area contributed by atoms with Gasteiger partial charge in [0.2, 0.25) is 0 Å². The van der Waals surface area contributed by atoms with Gasteiger partial charge >= 0.3 is 0 Å². The Morgan fingerprint density at radius 1 is 0.929 bits per heavy atom. The van der Waals surface area contributed by atoms with Gasteiger partial charge in [-0.25, -0.2) is 0 Å². The predicted octanol–water partition coefficient (Wildman–Crippen LogP) is 5.39. The maximum Gasteiger partial charge on any atom is 0.279 e. The van der Waals surface area contributed by atoms with E-state index in [-0.39, 0.29) is 5.91 Å². The van der Waals surface area contributed by atoms with Gasteiger partial charge in [0.15, 0.2) is 4.80 Å². The standard InChI is InChI=1S/C23H20N2O2S/c1-15-12-20-21(13-16(15)2)28-23(25(20)3)24-22(26)17-8-7-11-19(14-17)27-18-9-5-4-6-10-18/h4-14H,1-3H3. The number of thiazole rings is 1. The van der Waals surface area contributed by atoms with Gasteiger partial charge in [-0.2, -0.15) is 4.99 Å². The number of carbonyl (C=O) groups excluding carboxylic acids is 1. The molecule has 1 amide bonds. The van der Waals surface area contributed by atoms with E-state index in [4.69, 9.17) is 4.74 Å². The zero-order valence-electron chi connectivity index (χ0n) is 16.0. The summed E-state index contributed by atoms with van der Waals surface area (Å²) in [5, 5.41) is 0. The van der Waals surface area contributed by atoms with Crippen molar-refractivity contribution in [2.45, 2.75) is 13.8 Å². The Bertz CT molecular complexity index is 1240. The largest absolute Gasteiger partial charge is 0.457 e. The Morgan fingerprint density at radius 2 is 1.64 bits per heavy atom. The Hall–Kier alpha value is -3.18. The SMILES string of the molecule is Cc1cc2sc(=NC(=O)c3cccc(Oc4ccccc4)c3)n(C)c2cc1C. The van der Waals surface area contributed by atoms with Crippen LogP contribution in [0.2, 0.25) is 0 Å². The first kappa shape index (κ1) is 18.2. The number of amides is 1. The Morgan fingerprint density at radius 3 is 2.43 bits per heavy atom. The van der Waals surface area contributed by atoms with Crippen LogP contribution in [0.1, 0.15) is 21.5 Å². The molecule has 3 aromatic carbocycles. The van der Waals surface area contributed by atoms with E-state index in [9.17, 15) is 4.79 Å². The molecule has 4 rings (SSSR count). The van der Waals surface area contributed by atoms with Crippen LogP contribution in [-0.4, -0.2) is 10.5 Å². The van der Waals surface area contributed by atoms with E-state index >= 15 is 0 Å². The molecule has 0 fully saturated rings. The highest BCUT2D eigenvalue weighted by Gasteiger charge is 2.09. The highest BCUT2D eigenvalue weighted by atomic mass is 32.1. The summed E-state index contributed by atoms with van der Waals surface area (Å²) in [5.41, 5.74) is 4.04. The molecule has 140 valence electrons. The average molecular weight is 388 g/mol. The summed E-state index contributed by atoms with van der Waals surface area (Å²) in [4.78, 5) is 17.8. The molecule has 0 atom stereocenters. The lowest BCUT2D eigenvalue weighted by Gasteiger charge is -2.06. The third kappa shape index (κ3) is 3.62. The lowest BCUT2D eigenvalue weighted by Crippen LogP contribution is -2.13. The van der Waals surface area contributed by atoms with Crippen LogP contribution >= 0.6 is 11.3 Å². The van der Waals surface area contributed by atoms with Gasteiger partial charge in [0, 0.05) is 12.6 Å². The lowest BCUT2D eigenvalue weighted by molar-refractivity contribution is 0.0997. The van der Waals surface area contributed by atoms with Crippen molar-refractivity contribution in [1.29, 1.82) is 0 Å². The Kier molecular flexibility index (Phi) is 4.84. The summed E-state index contributed by atoms with van der Waals surface area (Å²) in [5.74, 6) is 1.05. The zero-order valence-corrected chi connectivity index (χ0v) is 16.8. The molecule has 0 saturated carbocycles. The fourth-order valence-corrected chi connectivity index (χ4v) is 4.05. The van der Waals surface area contributed by atoms with Crippen molar-refractivity contribution in [3.8, 4) is 11.5 Å². The lowest BCUT2D eigenvalue weighted by atomic mass is 10.1. The van der Waals surface area contributed by atoms with Crippen molar-refractivity contribution < 1.29 is 9.53 Å². The van der Waals surface area contributed by atoms with Crippen molar-refractivity contribution >= 4 is 27.5 Å². The second kappa shape index (κ2) is 7.44. The number of nitrogens with zero attached hydrogens (tertiary/aromatic N) is 2. The number of carbonyl (C=O) groups is 1. The molecule has 0 N–H and O–H groups in total. The molecule has 4 aromatic rings. The van der Waals surface area contributed by atoms with E-state index in [0.29, 0.717) is 16.1 Å². The molecule has 0 aliphatic heterocycles. The van der Waals surface area contributed by atoms with Gasteiger partial charge in [-0.15, -0.1) is 0 Å². The first-order valence-corrected chi connectivity index (χ1v) is 9.82. The van der Waals surface area contributed by atoms with Crippen LogP contribution in [0.15, 0.2) is 71.7 Å². The van der Waals surface area contributed by atoms with Crippen LogP contribution in [0.5, 0.6) is 11.5 Å². The number of hydrogen-bond acceptors (Lipinski definition) is 3. The summed E-state index contributed by atoms with van der Waals surface area (Å²) in [6.45, 7) is 4.18. The quantitative estimate of drug-likeness (QED) is 0.472. The first-order chi connectivity index (χ1) is 13.5. The van der Waals surface area contributed by atoms with Crippen LogP contribution < -0.4 is 9.54 Å². The third-order valence-corrected chi connectivity index (χ3v) is 5.78. The fraction of sp³-hybridized carbons (Fsp3) is 0.130. The smallest absolute Gasteiger partial charge is 0.279 e. The molecular weight excluding hydrogens is 368 g/mol. The number of aromatic nitrogens is 1. The van der Waals surface area contributed by atoms with Gasteiger partial charge < -0.3 is 9.30 Å². The van der Waals surface area contributed by atoms with Crippen molar-refractivity contribution in [3.63, 3.8) is 0 Å². The number of rotatable bonds is 3. The molecule has 1 heterocycles. The maximum absolute atomic E-state index is 12.8. The maximum atomic E-state index is 12.8. The molecule has 0 unspecified atom stereocenters. The number of hydrogen-bond donors (Lipinski definition) is 0. The molecule has 4 nitrogen and oxygen atoms in total. The first-order valence-electron chi connectivity index (χ1n) is 9.00. The van der Waals surface area contributed by atoms with Gasteiger partial charge in [-0.3, -0.25) is 4.79 Å². The minimum atomic E-state index is -0.283. The minimum absolute atomic E-state index is 0.283. The summed E-state index contributed by atoms with van der Waals surface area (Å²) in [6, 6.07) is 20.9. The molecule has 0 radical (unpaired) electrons. The van der Waals surface area contributed by atoms with Crippen molar-refractivity contribution in [2.75, 3.05) is 0 Å². The van der Waals surface area contributed by atoms with Crippen molar-refractivity contribution in [1.82, 2.24) is 4.57 Å². The van der Waals surface area contributed by atoms with Crippen LogP contribution in [0.25, 0.3) is 10.2 Å². The molecule has 0 saturated heterocycles. The Balaban J connectivity index is 1.68. The average Bonchev–Trinajstić information content (AvgIpc) is 2.98. The van der Waals surface area contributed by atoms with Gasteiger partial charge in [-0.1, -0.05) is 35.6 Å². The topological polar surface area (TPSA) is 43.6 Å². The molecule has 0 bridgehead atoms. The highest BCUT2D eigenvalue weighted by Crippen LogP contribution is 2.23. The van der Waals surface area contributed by atoms with Crippen LogP contribution in [0.3, 0.4) is 0 Å². The van der Waals surface area contributed by atoms with E-state index in [1.165, 1.54) is 22.5 Å². The summed E-state index contributed by atoms with van der Waals surface area (Å²) < 4.78 is 8.91. The monoisotopic (exact) mass is 388 g/mol. The Labute approximate surface area is 167 Å². The molecule has 1 aromatic heterocycles. The zero-order chi connectivity index (χ0) is 19.7. The predicted molar refractivity (Wildman–Crippen MR) is 113 cm³/mol. The van der Waals surface area contributed by atoms with E-state index in [0.717, 1.165) is 16.0 Å². The fourth-order valence-electron chi connectivity index (χ4n) is 2.95. The van der Waals surface area contributed by atoms with Gasteiger partial charge in [0.1, 0.15) is 11.5 Å². The minimum Gasteiger partial charge on any atom is -0.457 e. The molecule has 0 spiro atoms. The van der Waals surface area contributed by atoms with E-state index < -0.39 is 0 Å². The second-order valence-corrected chi connectivity index (χ2v) is 7.72. The summed E-state index contributed by atoms with van der Waals surface area (Å²) in [6.07, 6.45) is 0. The second-order valence-electron chi connectivity index (χ2n) is 6.71. The molecule has 5 heteroatoms. The molecular formula is C23H20N2O2S. The highest BCUT2D eigenvalue weighted by molar-refractivity contribution is 7.16. The van der Waals surface area contributed by atoms with E-state index in [2.05, 4.69) is 31.0 Å². The van der Waals surface area contributed by atoms with Crippen LogP contribution in [0, 0.1) is 13.8 Å². The van der Waals surface area contributed by atoms with Crippen LogP contribution in [-0.2, 0) is 7.05 Å². The normalized spacial score (nSPS) is 11.8. The number of para-hydroxylation sites is 1. The summed E-state index contributed by atoms with van der Waals surface area (Å²) >= 11 is 1.52. The third-order valence-electron chi connectivity index (χ3n) is 4.68. The number of aryl methyl sites for hydroxylation is 3. The molecule has 0 aliphatic rings. The molecule has 28 heavy (non-hydrogen) atoms. The number of benzene rings is 3. The van der Waals surface area contributed by atoms with E-state index in [1.807, 2.05) is 48.0 Å². The number of fused-ring (bicyclic) bond motifs is 1. The van der Waals surface area contributed by atoms with E-state index in [1.54, 1.807) is 18.2 Å². The van der Waals surface area contributed by atoms with Gasteiger partial charge in [-0.05, 0) is 67.4 Å². The number of ether oxygens (including phenoxy) is 1. The van der Waals surface area contributed by atoms with Gasteiger partial charge in [0.25, 0.3) is 5.91 Å². The molecule has 0 aliphatic carbocycles.